The average Bonchev–Trinajstić information content (AvgIpc) is 2.47. The largest absolute Gasteiger partial charge is 0.456 e. The van der Waals surface area contributed by atoms with Crippen LogP contribution in [-0.2, 0) is 9.84 Å². The topological polar surface area (TPSA) is 115 Å². The van der Waals surface area contributed by atoms with Crippen LogP contribution in [0.1, 0.15) is 5.69 Å². The molecule has 1 heterocycles. The lowest BCUT2D eigenvalue weighted by molar-refractivity contribution is 0.318. The summed E-state index contributed by atoms with van der Waals surface area (Å²) in [5, 5.41) is 11.4. The highest BCUT2D eigenvalue weighted by atomic mass is 32.2. The van der Waals surface area contributed by atoms with Crippen molar-refractivity contribution in [2.24, 2.45) is 10.9 Å². The first-order valence-corrected chi connectivity index (χ1v) is 7.71. The first-order valence-electron chi connectivity index (χ1n) is 5.82. The van der Waals surface area contributed by atoms with Gasteiger partial charge in [-0.05, 0) is 36.4 Å². The Bertz CT molecular complexity index is 753. The molecule has 7 nitrogen and oxygen atoms in total. The number of hydrogen-bond acceptors (Lipinski definition) is 6. The molecule has 0 spiro atoms. The fraction of sp³-hybridized carbons (Fsp3) is 0.0769. The number of sulfone groups is 1. The molecule has 0 saturated carbocycles. The summed E-state index contributed by atoms with van der Waals surface area (Å²) in [5.41, 5.74) is 5.71. The monoisotopic (exact) mass is 307 g/mol. The van der Waals surface area contributed by atoms with E-state index in [1.54, 1.807) is 18.2 Å². The summed E-state index contributed by atoms with van der Waals surface area (Å²) in [7, 11) is -3.23. The molecule has 8 heteroatoms. The lowest BCUT2D eigenvalue weighted by Crippen LogP contribution is -2.14. The Labute approximate surface area is 121 Å². The van der Waals surface area contributed by atoms with Crippen LogP contribution in [-0.4, -0.2) is 30.7 Å². The SMILES string of the molecule is CS(=O)(=O)c1ccc(Oc2ccc(/C(N)=N/O)nc2)cc1. The van der Waals surface area contributed by atoms with Crippen molar-refractivity contribution in [3.05, 3.63) is 48.3 Å². The van der Waals surface area contributed by atoms with Gasteiger partial charge in [0.15, 0.2) is 15.7 Å². The maximum atomic E-state index is 11.3. The van der Waals surface area contributed by atoms with Crippen molar-refractivity contribution < 1.29 is 18.4 Å². The maximum absolute atomic E-state index is 11.3. The molecule has 0 atom stereocenters. The second-order valence-electron chi connectivity index (χ2n) is 4.21. The number of rotatable bonds is 4. The number of hydrogen-bond donors (Lipinski definition) is 2. The zero-order chi connectivity index (χ0) is 15.5. The molecule has 2 rings (SSSR count). The van der Waals surface area contributed by atoms with Gasteiger partial charge in [0.1, 0.15) is 17.2 Å². The van der Waals surface area contributed by atoms with Crippen molar-refractivity contribution >= 4 is 15.7 Å². The van der Waals surface area contributed by atoms with Crippen LogP contribution in [0, 0.1) is 0 Å². The number of aromatic nitrogens is 1. The third kappa shape index (κ3) is 3.69. The van der Waals surface area contributed by atoms with Crippen molar-refractivity contribution in [1.82, 2.24) is 4.98 Å². The van der Waals surface area contributed by atoms with Gasteiger partial charge in [-0.25, -0.2) is 13.4 Å². The van der Waals surface area contributed by atoms with E-state index in [2.05, 4.69) is 10.1 Å². The minimum atomic E-state index is -3.23. The van der Waals surface area contributed by atoms with E-state index in [-0.39, 0.29) is 10.7 Å². The van der Waals surface area contributed by atoms with Crippen molar-refractivity contribution in [3.8, 4) is 11.5 Å². The van der Waals surface area contributed by atoms with Gasteiger partial charge in [-0.2, -0.15) is 0 Å². The molecule has 0 bridgehead atoms. The third-order valence-electron chi connectivity index (χ3n) is 2.59. The highest BCUT2D eigenvalue weighted by Gasteiger charge is 2.07. The highest BCUT2D eigenvalue weighted by Crippen LogP contribution is 2.22. The molecule has 1 aromatic carbocycles. The summed E-state index contributed by atoms with van der Waals surface area (Å²) in [5.74, 6) is 0.816. The van der Waals surface area contributed by atoms with E-state index in [1.807, 2.05) is 0 Å². The number of nitrogens with zero attached hydrogens (tertiary/aromatic N) is 2. The normalized spacial score (nSPS) is 12.1. The van der Waals surface area contributed by atoms with Crippen LogP contribution < -0.4 is 10.5 Å². The first kappa shape index (κ1) is 14.8. The lowest BCUT2D eigenvalue weighted by atomic mass is 10.3. The van der Waals surface area contributed by atoms with Crippen LogP contribution in [0.3, 0.4) is 0 Å². The van der Waals surface area contributed by atoms with Gasteiger partial charge in [-0.1, -0.05) is 5.16 Å². The minimum Gasteiger partial charge on any atom is -0.456 e. The van der Waals surface area contributed by atoms with E-state index >= 15 is 0 Å². The molecule has 0 amide bonds. The maximum Gasteiger partial charge on any atom is 0.188 e. The lowest BCUT2D eigenvalue weighted by Gasteiger charge is -2.06. The summed E-state index contributed by atoms with van der Waals surface area (Å²) in [6.07, 6.45) is 2.55. The molecule has 0 aliphatic rings. The number of ether oxygens (including phenoxy) is 1. The van der Waals surface area contributed by atoms with Gasteiger partial charge >= 0.3 is 0 Å². The molecule has 3 N–H and O–H groups in total. The molecule has 0 radical (unpaired) electrons. The van der Waals surface area contributed by atoms with E-state index < -0.39 is 9.84 Å². The fourth-order valence-corrected chi connectivity index (χ4v) is 2.16. The molecule has 110 valence electrons. The van der Waals surface area contributed by atoms with E-state index in [4.69, 9.17) is 15.7 Å². The van der Waals surface area contributed by atoms with Crippen LogP contribution >= 0.6 is 0 Å². The predicted molar refractivity (Wildman–Crippen MR) is 76.4 cm³/mol. The predicted octanol–water partition coefficient (Wildman–Crippen LogP) is 1.37. The van der Waals surface area contributed by atoms with Crippen molar-refractivity contribution in [2.75, 3.05) is 6.26 Å². The van der Waals surface area contributed by atoms with Crippen LogP contribution in [0.5, 0.6) is 11.5 Å². The zero-order valence-corrected chi connectivity index (χ0v) is 11.9. The molecule has 0 fully saturated rings. The summed E-state index contributed by atoms with van der Waals surface area (Å²) >= 11 is 0. The Morgan fingerprint density at radius 2 is 1.81 bits per heavy atom. The number of amidine groups is 1. The zero-order valence-electron chi connectivity index (χ0n) is 11.1. The number of oxime groups is 1. The van der Waals surface area contributed by atoms with E-state index in [0.29, 0.717) is 17.2 Å². The molecule has 0 aliphatic heterocycles. The summed E-state index contributed by atoms with van der Waals surface area (Å²) in [4.78, 5) is 4.18. The standard InChI is InChI=1S/C13H13N3O4S/c1-21(18,19)11-5-2-9(3-6-11)20-10-4-7-12(15-8-10)13(14)16-17/h2-8,17H,1H3,(H2,14,16). The van der Waals surface area contributed by atoms with Crippen LogP contribution in [0.2, 0.25) is 0 Å². The van der Waals surface area contributed by atoms with Crippen molar-refractivity contribution in [2.45, 2.75) is 4.90 Å². The van der Waals surface area contributed by atoms with Crippen LogP contribution in [0.25, 0.3) is 0 Å². The second-order valence-corrected chi connectivity index (χ2v) is 6.23. The van der Waals surface area contributed by atoms with E-state index in [0.717, 1.165) is 6.26 Å². The van der Waals surface area contributed by atoms with Crippen molar-refractivity contribution in [1.29, 1.82) is 0 Å². The highest BCUT2D eigenvalue weighted by molar-refractivity contribution is 7.90. The molecule has 1 aromatic heterocycles. The minimum absolute atomic E-state index is 0.0981. The number of nitrogens with two attached hydrogens (primary N) is 1. The Kier molecular flexibility index (Phi) is 4.08. The van der Waals surface area contributed by atoms with Crippen molar-refractivity contribution in [3.63, 3.8) is 0 Å². The van der Waals surface area contributed by atoms with Gasteiger partial charge < -0.3 is 15.7 Å². The van der Waals surface area contributed by atoms with Crippen LogP contribution in [0.15, 0.2) is 52.6 Å². The number of pyridine rings is 1. The quantitative estimate of drug-likeness (QED) is 0.381. The Hall–Kier alpha value is -2.61. The Balaban J connectivity index is 2.15. The molecular formula is C13H13N3O4S. The van der Waals surface area contributed by atoms with E-state index in [9.17, 15) is 8.42 Å². The molecule has 0 aliphatic carbocycles. The summed E-state index contributed by atoms with van der Waals surface area (Å²) in [6, 6.07) is 9.16. The molecule has 2 aromatic rings. The summed E-state index contributed by atoms with van der Waals surface area (Å²) < 4.78 is 28.2. The summed E-state index contributed by atoms with van der Waals surface area (Å²) in [6.45, 7) is 0. The smallest absolute Gasteiger partial charge is 0.188 e. The van der Waals surface area contributed by atoms with E-state index in [1.165, 1.54) is 24.4 Å². The van der Waals surface area contributed by atoms with Gasteiger partial charge in [0.05, 0.1) is 11.1 Å². The molecule has 0 saturated heterocycles. The van der Waals surface area contributed by atoms with Gasteiger partial charge in [-0.3, -0.25) is 0 Å². The van der Waals surface area contributed by atoms with Gasteiger partial charge in [0.2, 0.25) is 0 Å². The Morgan fingerprint density at radius 1 is 1.19 bits per heavy atom. The molecule has 21 heavy (non-hydrogen) atoms. The fourth-order valence-electron chi connectivity index (χ4n) is 1.53. The van der Waals surface area contributed by atoms with Gasteiger partial charge in [0.25, 0.3) is 0 Å². The Morgan fingerprint density at radius 3 is 2.29 bits per heavy atom. The number of benzene rings is 1. The van der Waals surface area contributed by atoms with Gasteiger partial charge in [0, 0.05) is 6.26 Å². The molecule has 0 unspecified atom stereocenters. The average molecular weight is 307 g/mol. The second kappa shape index (κ2) is 5.80. The first-order chi connectivity index (χ1) is 9.90. The third-order valence-corrected chi connectivity index (χ3v) is 3.72. The molecular weight excluding hydrogens is 294 g/mol. The van der Waals surface area contributed by atoms with Crippen LogP contribution in [0.4, 0.5) is 0 Å². The van der Waals surface area contributed by atoms with Gasteiger partial charge in [-0.15, -0.1) is 0 Å².